The summed E-state index contributed by atoms with van der Waals surface area (Å²) >= 11 is 3.25. The van der Waals surface area contributed by atoms with Gasteiger partial charge in [0.25, 0.3) is 5.69 Å². The lowest BCUT2D eigenvalue weighted by Gasteiger charge is -2.07. The Balaban J connectivity index is 1.82. The molecule has 1 saturated carbocycles. The molecule has 1 heterocycles. The number of aliphatic hydroxyl groups excluding tert-OH is 1. The monoisotopic (exact) mass is 350 g/mol. The summed E-state index contributed by atoms with van der Waals surface area (Å²) in [5.74, 6) is 0.378. The first-order valence-electron chi connectivity index (χ1n) is 6.81. The van der Waals surface area contributed by atoms with Gasteiger partial charge in [-0.1, -0.05) is 15.9 Å². The second-order valence-electron chi connectivity index (χ2n) is 5.43. The van der Waals surface area contributed by atoms with E-state index in [0.29, 0.717) is 22.5 Å². The highest BCUT2D eigenvalue weighted by molar-refractivity contribution is 9.10. The average molecular weight is 351 g/mol. The van der Waals surface area contributed by atoms with Crippen LogP contribution in [0.1, 0.15) is 30.1 Å². The highest BCUT2D eigenvalue weighted by Crippen LogP contribution is 2.40. The van der Waals surface area contributed by atoms with Crippen molar-refractivity contribution in [2.75, 3.05) is 0 Å². The number of nitro groups is 1. The van der Waals surface area contributed by atoms with E-state index >= 15 is 0 Å². The van der Waals surface area contributed by atoms with E-state index in [1.165, 1.54) is 6.07 Å². The summed E-state index contributed by atoms with van der Waals surface area (Å²) < 4.78 is 2.56. The van der Waals surface area contributed by atoms with Gasteiger partial charge in [0.2, 0.25) is 0 Å². The van der Waals surface area contributed by atoms with Gasteiger partial charge in [-0.3, -0.25) is 10.1 Å². The molecule has 1 atom stereocenters. The summed E-state index contributed by atoms with van der Waals surface area (Å²) in [6.07, 6.45) is 5.46. The molecule has 2 aromatic rings. The molecule has 1 N–H and O–H groups in total. The summed E-state index contributed by atoms with van der Waals surface area (Å²) in [5, 5.41) is 21.2. The first kappa shape index (κ1) is 14.3. The van der Waals surface area contributed by atoms with Crippen molar-refractivity contribution < 1.29 is 10.0 Å². The summed E-state index contributed by atoms with van der Waals surface area (Å²) in [6.45, 7) is 0.418. The lowest BCUT2D eigenvalue weighted by Crippen LogP contribution is -2.02. The molecule has 1 aromatic heterocycles. The van der Waals surface area contributed by atoms with E-state index in [1.807, 2.05) is 23.0 Å². The Bertz CT molecular complexity index is 679. The number of hydrogen-bond donors (Lipinski definition) is 1. The number of nitro benzene ring substituents is 1. The van der Waals surface area contributed by atoms with Crippen LogP contribution in [-0.4, -0.2) is 14.6 Å². The van der Waals surface area contributed by atoms with E-state index < -0.39 is 6.10 Å². The number of hydrogen-bond acceptors (Lipinski definition) is 3. The van der Waals surface area contributed by atoms with Crippen molar-refractivity contribution in [1.29, 1.82) is 0 Å². The maximum atomic E-state index is 11.1. The van der Waals surface area contributed by atoms with Crippen molar-refractivity contribution in [3.63, 3.8) is 0 Å². The normalized spacial score (nSPS) is 15.9. The van der Waals surface area contributed by atoms with E-state index in [-0.39, 0.29) is 10.6 Å². The summed E-state index contributed by atoms with van der Waals surface area (Å²) in [4.78, 5) is 10.7. The Kier molecular flexibility index (Phi) is 3.82. The SMILES string of the molecule is O=[N+]([O-])c1cc(Br)ccc1Cn1ccc(C(O)C2CC2)c1. The average Bonchev–Trinajstić information content (AvgIpc) is 3.20. The number of halogens is 1. The van der Waals surface area contributed by atoms with Gasteiger partial charge in [-0.25, -0.2) is 0 Å². The van der Waals surface area contributed by atoms with Crippen molar-refractivity contribution in [2.24, 2.45) is 5.92 Å². The maximum Gasteiger partial charge on any atom is 0.275 e. The van der Waals surface area contributed by atoms with Crippen LogP contribution in [0.25, 0.3) is 0 Å². The quantitative estimate of drug-likeness (QED) is 0.660. The van der Waals surface area contributed by atoms with Gasteiger partial charge in [-0.2, -0.15) is 0 Å². The zero-order valence-electron chi connectivity index (χ0n) is 11.3. The molecule has 0 aliphatic heterocycles. The van der Waals surface area contributed by atoms with Crippen LogP contribution < -0.4 is 0 Å². The van der Waals surface area contributed by atoms with E-state index in [4.69, 9.17) is 0 Å². The topological polar surface area (TPSA) is 68.3 Å². The minimum absolute atomic E-state index is 0.0994. The van der Waals surface area contributed by atoms with Gasteiger partial charge in [0, 0.05) is 28.5 Å². The molecule has 0 bridgehead atoms. The van der Waals surface area contributed by atoms with Gasteiger partial charge in [0.05, 0.1) is 17.6 Å². The van der Waals surface area contributed by atoms with Gasteiger partial charge >= 0.3 is 0 Å². The Morgan fingerprint density at radius 2 is 2.19 bits per heavy atom. The number of aromatic nitrogens is 1. The number of benzene rings is 1. The lowest BCUT2D eigenvalue weighted by atomic mass is 10.1. The molecule has 1 aromatic carbocycles. The van der Waals surface area contributed by atoms with Crippen LogP contribution in [0.15, 0.2) is 41.1 Å². The summed E-state index contributed by atoms with van der Waals surface area (Å²) in [5.41, 5.74) is 1.63. The Morgan fingerprint density at radius 3 is 2.86 bits per heavy atom. The fourth-order valence-electron chi connectivity index (χ4n) is 2.45. The Morgan fingerprint density at radius 1 is 1.43 bits per heavy atom. The highest BCUT2D eigenvalue weighted by Gasteiger charge is 2.31. The van der Waals surface area contributed by atoms with Gasteiger partial charge in [0.1, 0.15) is 0 Å². The molecule has 0 saturated heterocycles. The molecule has 110 valence electrons. The van der Waals surface area contributed by atoms with Crippen LogP contribution in [0.2, 0.25) is 0 Å². The number of nitrogens with zero attached hydrogens (tertiary/aromatic N) is 2. The third-order valence-electron chi connectivity index (χ3n) is 3.78. The predicted molar refractivity (Wildman–Crippen MR) is 82.0 cm³/mol. The molecular formula is C15H15BrN2O3. The smallest absolute Gasteiger partial charge is 0.275 e. The minimum atomic E-state index is -0.411. The van der Waals surface area contributed by atoms with Gasteiger partial charge in [0.15, 0.2) is 0 Å². The predicted octanol–water partition coefficient (Wildman–Crippen LogP) is 3.65. The Labute approximate surface area is 130 Å². The van der Waals surface area contributed by atoms with E-state index in [1.54, 1.807) is 12.1 Å². The molecule has 0 spiro atoms. The lowest BCUT2D eigenvalue weighted by molar-refractivity contribution is -0.385. The standard InChI is InChI=1S/C15H15BrN2O3/c16-13-4-3-11(14(7-13)18(20)21)8-17-6-5-12(9-17)15(19)10-1-2-10/h3-7,9-10,15,19H,1-2,8H2. The van der Waals surface area contributed by atoms with Crippen LogP contribution in [0, 0.1) is 16.0 Å². The third kappa shape index (κ3) is 3.16. The van der Waals surface area contributed by atoms with Crippen molar-refractivity contribution >= 4 is 21.6 Å². The molecule has 6 heteroatoms. The van der Waals surface area contributed by atoms with Crippen molar-refractivity contribution in [3.8, 4) is 0 Å². The van der Waals surface area contributed by atoms with Gasteiger partial charge < -0.3 is 9.67 Å². The fraction of sp³-hybridized carbons (Fsp3) is 0.333. The van der Waals surface area contributed by atoms with E-state index in [0.717, 1.165) is 18.4 Å². The van der Waals surface area contributed by atoms with Gasteiger partial charge in [-0.15, -0.1) is 0 Å². The second kappa shape index (κ2) is 5.61. The molecule has 0 amide bonds. The largest absolute Gasteiger partial charge is 0.388 e. The molecule has 5 nitrogen and oxygen atoms in total. The van der Waals surface area contributed by atoms with Crippen LogP contribution in [-0.2, 0) is 6.54 Å². The number of rotatable bonds is 5. The molecule has 1 aliphatic rings. The molecule has 1 unspecified atom stereocenters. The first-order valence-corrected chi connectivity index (χ1v) is 7.60. The zero-order chi connectivity index (χ0) is 15.0. The molecule has 0 radical (unpaired) electrons. The maximum absolute atomic E-state index is 11.1. The highest BCUT2D eigenvalue weighted by atomic mass is 79.9. The van der Waals surface area contributed by atoms with Crippen molar-refractivity contribution in [3.05, 3.63) is 62.4 Å². The fourth-order valence-corrected chi connectivity index (χ4v) is 2.80. The van der Waals surface area contributed by atoms with Crippen molar-refractivity contribution in [2.45, 2.75) is 25.5 Å². The summed E-state index contributed by atoms with van der Waals surface area (Å²) in [6, 6.07) is 6.94. The zero-order valence-corrected chi connectivity index (χ0v) is 12.9. The van der Waals surface area contributed by atoms with Crippen LogP contribution in [0.5, 0.6) is 0 Å². The van der Waals surface area contributed by atoms with E-state index in [9.17, 15) is 15.2 Å². The summed E-state index contributed by atoms with van der Waals surface area (Å²) in [7, 11) is 0. The van der Waals surface area contributed by atoms with Crippen LogP contribution >= 0.6 is 15.9 Å². The number of aliphatic hydroxyl groups is 1. The molecule has 1 fully saturated rings. The minimum Gasteiger partial charge on any atom is -0.388 e. The molecule has 1 aliphatic carbocycles. The third-order valence-corrected chi connectivity index (χ3v) is 4.27. The van der Waals surface area contributed by atoms with Gasteiger partial charge in [-0.05, 0) is 42.5 Å². The van der Waals surface area contributed by atoms with Crippen molar-refractivity contribution in [1.82, 2.24) is 4.57 Å². The Hall–Kier alpha value is -1.66. The molecule has 21 heavy (non-hydrogen) atoms. The molecule has 3 rings (SSSR count). The second-order valence-corrected chi connectivity index (χ2v) is 6.35. The molecular weight excluding hydrogens is 336 g/mol. The van der Waals surface area contributed by atoms with Crippen LogP contribution in [0.4, 0.5) is 5.69 Å². The first-order chi connectivity index (χ1) is 10.0. The van der Waals surface area contributed by atoms with Crippen LogP contribution in [0.3, 0.4) is 0 Å². The van der Waals surface area contributed by atoms with E-state index in [2.05, 4.69) is 15.9 Å².